The number of rotatable bonds is 6. The molecule has 28 heavy (non-hydrogen) atoms. The second-order valence-electron chi connectivity index (χ2n) is 7.54. The van der Waals surface area contributed by atoms with Gasteiger partial charge in [0.1, 0.15) is 19.0 Å². The number of carbonyl (C=O) groups is 1. The molecule has 1 amide bonds. The topological polar surface area (TPSA) is 67.2 Å². The van der Waals surface area contributed by atoms with Crippen molar-refractivity contribution in [2.75, 3.05) is 18.7 Å². The first-order valence-corrected chi connectivity index (χ1v) is 8.76. The van der Waals surface area contributed by atoms with Crippen LogP contribution < -0.4 is 5.32 Å². The maximum atomic E-state index is 13.1. The van der Waals surface area contributed by atoms with Crippen molar-refractivity contribution in [2.24, 2.45) is 0 Å². The molecule has 1 aromatic carbocycles. The predicted octanol–water partition coefficient (Wildman–Crippen LogP) is 3.95. The highest BCUT2D eigenvalue weighted by Gasteiger charge is 2.39. The molecule has 0 saturated heterocycles. The van der Waals surface area contributed by atoms with Gasteiger partial charge in [-0.15, -0.1) is 0 Å². The van der Waals surface area contributed by atoms with Crippen molar-refractivity contribution in [1.29, 1.82) is 0 Å². The summed E-state index contributed by atoms with van der Waals surface area (Å²) < 4.78 is 66.5. The molecule has 5 nitrogen and oxygen atoms in total. The summed E-state index contributed by atoms with van der Waals surface area (Å²) in [5.74, 6) is -0.894. The molecule has 0 atom stereocenters. The molecule has 0 radical (unpaired) electrons. The van der Waals surface area contributed by atoms with Gasteiger partial charge in [-0.1, -0.05) is 0 Å². The first kappa shape index (κ1) is 20.5. The van der Waals surface area contributed by atoms with Gasteiger partial charge in [0.05, 0.1) is 23.0 Å². The minimum Gasteiger partial charge on any atom is -0.384 e. The zero-order valence-electron chi connectivity index (χ0n) is 15.1. The molecule has 1 heterocycles. The van der Waals surface area contributed by atoms with Gasteiger partial charge in [0.2, 0.25) is 11.9 Å². The second-order valence-corrected chi connectivity index (χ2v) is 7.54. The van der Waals surface area contributed by atoms with E-state index in [2.05, 4.69) is 10.3 Å². The molecule has 0 aliphatic heterocycles. The summed E-state index contributed by atoms with van der Waals surface area (Å²) in [5.41, 5.74) is -3.37. The molecule has 1 aliphatic rings. The summed E-state index contributed by atoms with van der Waals surface area (Å²) in [7, 11) is 0. The van der Waals surface area contributed by atoms with E-state index >= 15 is 0 Å². The number of carbonyl (C=O) groups excluding carboxylic acids is 1. The number of nitrogens with zero attached hydrogens (tertiary/aromatic N) is 2. The fourth-order valence-electron chi connectivity index (χ4n) is 3.39. The molecule has 1 aliphatic carbocycles. The van der Waals surface area contributed by atoms with E-state index in [0.29, 0.717) is 12.8 Å². The third kappa shape index (κ3) is 3.69. The first-order chi connectivity index (χ1) is 13.0. The Hall–Kier alpha value is -2.23. The summed E-state index contributed by atoms with van der Waals surface area (Å²) in [6, 6.07) is 3.09. The van der Waals surface area contributed by atoms with E-state index in [9.17, 15) is 31.9 Å². The second kappa shape index (κ2) is 6.98. The Labute approximate surface area is 157 Å². The molecule has 1 saturated carbocycles. The number of hydrogen-bond donors (Lipinski definition) is 2. The standard InChI is InChI=1S/C18H20F5N3O2/c1-16(5-2-6-16)26-13-7-11(18(21,22)23)3-4-12(13)24-15(26)25-14(27)8-17(28,9-19)10-20/h3-4,7,28H,2,5-6,8-10H2,1H3,(H,24,25,27). The number of amides is 1. The van der Waals surface area contributed by atoms with Crippen LogP contribution in [0.25, 0.3) is 11.0 Å². The van der Waals surface area contributed by atoms with E-state index in [4.69, 9.17) is 0 Å². The van der Waals surface area contributed by atoms with Crippen molar-refractivity contribution in [1.82, 2.24) is 9.55 Å². The molecule has 0 bridgehead atoms. The molecule has 154 valence electrons. The van der Waals surface area contributed by atoms with Crippen molar-refractivity contribution < 1.29 is 31.9 Å². The van der Waals surface area contributed by atoms with Crippen molar-refractivity contribution in [3.05, 3.63) is 23.8 Å². The third-order valence-corrected chi connectivity index (χ3v) is 5.19. The van der Waals surface area contributed by atoms with Crippen LogP contribution in [-0.2, 0) is 16.5 Å². The number of benzene rings is 1. The quantitative estimate of drug-likeness (QED) is 0.715. The van der Waals surface area contributed by atoms with Gasteiger partial charge in [0, 0.05) is 5.54 Å². The Bertz CT molecular complexity index is 885. The number of aromatic nitrogens is 2. The normalized spacial score (nSPS) is 16.8. The number of imidazole rings is 1. The molecule has 3 rings (SSSR count). The SMILES string of the molecule is CC1(n2c(NC(=O)CC(O)(CF)CF)nc3ccc(C(F)(F)F)cc32)CCC1. The van der Waals surface area contributed by atoms with Crippen LogP contribution in [0.4, 0.5) is 27.9 Å². The summed E-state index contributed by atoms with van der Waals surface area (Å²) in [5, 5.41) is 12.1. The van der Waals surface area contributed by atoms with E-state index in [0.717, 1.165) is 18.6 Å². The summed E-state index contributed by atoms with van der Waals surface area (Å²) in [6.07, 6.45) is -3.15. The summed E-state index contributed by atoms with van der Waals surface area (Å²) in [6.45, 7) is -1.05. The lowest BCUT2D eigenvalue weighted by atomic mass is 9.78. The molecule has 0 unspecified atom stereocenters. The number of aliphatic hydroxyl groups is 1. The first-order valence-electron chi connectivity index (χ1n) is 8.76. The molecule has 2 aromatic rings. The average molecular weight is 405 g/mol. The lowest BCUT2D eigenvalue weighted by Crippen LogP contribution is -2.40. The number of alkyl halides is 5. The van der Waals surface area contributed by atoms with Gasteiger partial charge in [-0.3, -0.25) is 10.1 Å². The average Bonchev–Trinajstić information content (AvgIpc) is 2.95. The van der Waals surface area contributed by atoms with Crippen LogP contribution in [0.1, 0.15) is 38.2 Å². The number of nitrogens with one attached hydrogen (secondary N) is 1. The molecule has 1 fully saturated rings. The summed E-state index contributed by atoms with van der Waals surface area (Å²) >= 11 is 0. The van der Waals surface area contributed by atoms with Gasteiger partial charge < -0.3 is 9.67 Å². The van der Waals surface area contributed by atoms with Crippen molar-refractivity contribution in [3.63, 3.8) is 0 Å². The zero-order chi connectivity index (χ0) is 20.7. The van der Waals surface area contributed by atoms with E-state index < -0.39 is 48.6 Å². The lowest BCUT2D eigenvalue weighted by Gasteiger charge is -2.41. The molecular formula is C18H20F5N3O2. The van der Waals surface area contributed by atoms with Crippen molar-refractivity contribution >= 4 is 22.9 Å². The summed E-state index contributed by atoms with van der Waals surface area (Å²) in [4.78, 5) is 16.4. The molecule has 10 heteroatoms. The molecule has 2 N–H and O–H groups in total. The third-order valence-electron chi connectivity index (χ3n) is 5.19. The van der Waals surface area contributed by atoms with Gasteiger partial charge >= 0.3 is 6.18 Å². The minimum atomic E-state index is -4.54. The fourth-order valence-corrected chi connectivity index (χ4v) is 3.39. The predicted molar refractivity (Wildman–Crippen MR) is 92.4 cm³/mol. The van der Waals surface area contributed by atoms with Gasteiger partial charge in [0.25, 0.3) is 0 Å². The Balaban J connectivity index is 2.02. The number of hydrogen-bond acceptors (Lipinski definition) is 3. The molecule has 0 spiro atoms. The van der Waals surface area contributed by atoms with Crippen molar-refractivity contribution in [2.45, 2.75) is 49.9 Å². The minimum absolute atomic E-state index is 0.0124. The Morgan fingerprint density at radius 2 is 1.93 bits per heavy atom. The van der Waals surface area contributed by atoms with Gasteiger partial charge in [0.15, 0.2) is 0 Å². The van der Waals surface area contributed by atoms with Crippen LogP contribution in [-0.4, -0.2) is 39.5 Å². The van der Waals surface area contributed by atoms with Crippen LogP contribution in [0.15, 0.2) is 18.2 Å². The largest absolute Gasteiger partial charge is 0.416 e. The highest BCUT2D eigenvalue weighted by molar-refractivity contribution is 5.92. The maximum Gasteiger partial charge on any atom is 0.416 e. The van der Waals surface area contributed by atoms with Gasteiger partial charge in [-0.05, 0) is 44.4 Å². The van der Waals surface area contributed by atoms with E-state index in [1.165, 1.54) is 10.6 Å². The van der Waals surface area contributed by atoms with Crippen LogP contribution in [0.3, 0.4) is 0 Å². The highest BCUT2D eigenvalue weighted by Crippen LogP contribution is 2.44. The van der Waals surface area contributed by atoms with Crippen LogP contribution in [0.2, 0.25) is 0 Å². The Morgan fingerprint density at radius 3 is 2.43 bits per heavy atom. The number of halogens is 5. The lowest BCUT2D eigenvalue weighted by molar-refractivity contribution is -0.137. The van der Waals surface area contributed by atoms with E-state index in [1.807, 2.05) is 6.92 Å². The van der Waals surface area contributed by atoms with E-state index in [1.54, 1.807) is 0 Å². The Morgan fingerprint density at radius 1 is 1.29 bits per heavy atom. The Kier molecular flexibility index (Phi) is 5.11. The maximum absolute atomic E-state index is 13.1. The van der Waals surface area contributed by atoms with Crippen LogP contribution in [0, 0.1) is 0 Å². The fraction of sp³-hybridized carbons (Fsp3) is 0.556. The highest BCUT2D eigenvalue weighted by atomic mass is 19.4. The zero-order valence-corrected chi connectivity index (χ0v) is 15.1. The van der Waals surface area contributed by atoms with E-state index in [-0.39, 0.29) is 17.0 Å². The van der Waals surface area contributed by atoms with Crippen LogP contribution in [0.5, 0.6) is 0 Å². The molecule has 1 aromatic heterocycles. The van der Waals surface area contributed by atoms with Gasteiger partial charge in [-0.25, -0.2) is 13.8 Å². The van der Waals surface area contributed by atoms with Crippen molar-refractivity contribution in [3.8, 4) is 0 Å². The monoisotopic (exact) mass is 405 g/mol. The smallest absolute Gasteiger partial charge is 0.384 e. The van der Waals surface area contributed by atoms with Gasteiger partial charge in [-0.2, -0.15) is 13.2 Å². The number of anilines is 1. The molecular weight excluding hydrogens is 385 g/mol. The number of fused-ring (bicyclic) bond motifs is 1. The van der Waals surface area contributed by atoms with Crippen LogP contribution >= 0.6 is 0 Å².